The summed E-state index contributed by atoms with van der Waals surface area (Å²) in [7, 11) is -4.65. The third kappa shape index (κ3) is 11.2. The largest absolute Gasteiger partial charge is 0.440 e. The highest BCUT2D eigenvalue weighted by atomic mass is 32.2. The fourth-order valence-electron chi connectivity index (χ4n) is 4.26. The summed E-state index contributed by atoms with van der Waals surface area (Å²) >= 11 is 0. The van der Waals surface area contributed by atoms with Crippen LogP contribution < -0.4 is 0 Å². The van der Waals surface area contributed by atoms with Crippen LogP contribution in [0.4, 0.5) is 0 Å². The maximum absolute atomic E-state index is 11.4. The molecule has 1 rings (SSSR count). The third-order valence-corrected chi connectivity index (χ3v) is 7.07. The van der Waals surface area contributed by atoms with E-state index in [2.05, 4.69) is 32.4 Å². The van der Waals surface area contributed by atoms with Crippen LogP contribution in [0.1, 0.15) is 106 Å². The molecule has 2 atom stereocenters. The number of carbonyl (C=O) groups excluding carboxylic acids is 2. The average Bonchev–Trinajstić information content (AvgIpc) is 2.75. The summed E-state index contributed by atoms with van der Waals surface area (Å²) in [5.41, 5.74) is 0. The number of carbonyl (C=O) groups is 2. The molecule has 0 unspecified atom stereocenters. The van der Waals surface area contributed by atoms with E-state index in [4.69, 9.17) is 4.55 Å². The van der Waals surface area contributed by atoms with E-state index in [-0.39, 0.29) is 4.31 Å². The van der Waals surface area contributed by atoms with Gasteiger partial charge in [-0.15, -0.1) is 0 Å². The van der Waals surface area contributed by atoms with Crippen LogP contribution in [0.25, 0.3) is 0 Å². The molecule has 9 heteroatoms. The maximum atomic E-state index is 11.4. The van der Waals surface area contributed by atoms with Crippen molar-refractivity contribution in [3.05, 3.63) is 0 Å². The zero-order chi connectivity index (χ0) is 25.5. The second kappa shape index (κ2) is 16.4. The molecule has 1 fully saturated rings. The van der Waals surface area contributed by atoms with Crippen LogP contribution in [-0.4, -0.2) is 66.0 Å². The Bertz CT molecular complexity index is 630. The Labute approximate surface area is 202 Å². The van der Waals surface area contributed by atoms with Gasteiger partial charge in [-0.25, -0.2) is 0 Å². The number of unbranched alkanes of at least 4 members (excludes halogenated alkanes) is 4. The lowest BCUT2D eigenvalue weighted by atomic mass is 9.94. The highest BCUT2D eigenvalue weighted by Crippen LogP contribution is 2.33. The molecule has 0 aromatic heterocycles. The minimum absolute atomic E-state index is 0.189. The molecule has 1 aliphatic rings. The summed E-state index contributed by atoms with van der Waals surface area (Å²) in [4.78, 5) is 22.1. The van der Waals surface area contributed by atoms with E-state index in [1.165, 1.54) is 82.0 Å². The van der Waals surface area contributed by atoms with Gasteiger partial charge in [-0.2, -0.15) is 12.7 Å². The van der Waals surface area contributed by atoms with E-state index in [1.807, 2.05) is 6.92 Å². The van der Waals surface area contributed by atoms with Crippen molar-refractivity contribution in [1.82, 2.24) is 4.31 Å². The first-order valence-electron chi connectivity index (χ1n) is 12.9. The van der Waals surface area contributed by atoms with Gasteiger partial charge in [-0.1, -0.05) is 66.7 Å². The first kappa shape index (κ1) is 31.8. The van der Waals surface area contributed by atoms with Crippen molar-refractivity contribution in [2.24, 2.45) is 5.92 Å². The van der Waals surface area contributed by atoms with E-state index < -0.39 is 34.3 Å². The van der Waals surface area contributed by atoms with E-state index >= 15 is 0 Å². The lowest BCUT2D eigenvalue weighted by molar-refractivity contribution is -0.929. The molecule has 1 heterocycles. The molecule has 0 bridgehead atoms. The van der Waals surface area contributed by atoms with Crippen LogP contribution in [0.15, 0.2) is 0 Å². The normalized spacial score (nSPS) is 18.4. The van der Waals surface area contributed by atoms with Gasteiger partial charge in [0.05, 0.1) is 32.1 Å². The van der Waals surface area contributed by atoms with Crippen molar-refractivity contribution in [2.45, 2.75) is 112 Å². The molecule has 8 nitrogen and oxygen atoms in total. The van der Waals surface area contributed by atoms with E-state index in [1.54, 1.807) is 0 Å². The van der Waals surface area contributed by atoms with E-state index in [9.17, 15) is 18.0 Å². The Balaban J connectivity index is 0.000000621. The fraction of sp³-hybridized carbons (Fsp3) is 0.917. The number of rotatable bonds is 16. The Kier molecular flexibility index (Phi) is 15.8. The first-order chi connectivity index (χ1) is 15.5. The van der Waals surface area contributed by atoms with Crippen molar-refractivity contribution in [1.29, 1.82) is 0 Å². The highest BCUT2D eigenvalue weighted by Gasteiger charge is 2.54. The minimum Gasteiger partial charge on any atom is -0.440 e. The number of β-lactam (4-membered cyclic amide) rings is 1. The lowest BCUT2D eigenvalue weighted by Gasteiger charge is -2.42. The second-order valence-electron chi connectivity index (χ2n) is 9.16. The molecule has 1 saturated heterocycles. The van der Waals surface area contributed by atoms with Crippen molar-refractivity contribution in [2.75, 3.05) is 26.2 Å². The van der Waals surface area contributed by atoms with Crippen LogP contribution in [0.5, 0.6) is 0 Å². The predicted octanol–water partition coefficient (Wildman–Crippen LogP) is 4.94. The van der Waals surface area contributed by atoms with E-state index in [0.29, 0.717) is 12.8 Å². The Hall–Kier alpha value is -1.19. The molecular formula is C24H49N2O6S+. The number of quaternary nitrogens is 1. The van der Waals surface area contributed by atoms with Gasteiger partial charge >= 0.3 is 16.3 Å². The van der Waals surface area contributed by atoms with Gasteiger partial charge in [-0.05, 0) is 32.1 Å². The molecule has 1 aliphatic heterocycles. The number of amides is 1. The van der Waals surface area contributed by atoms with Crippen molar-refractivity contribution < 1.29 is 31.8 Å². The van der Waals surface area contributed by atoms with Gasteiger partial charge < -0.3 is 9.22 Å². The van der Waals surface area contributed by atoms with Crippen LogP contribution in [0.2, 0.25) is 0 Å². The molecule has 0 saturated carbocycles. The van der Waals surface area contributed by atoms with Crippen molar-refractivity contribution >= 4 is 22.2 Å². The highest BCUT2D eigenvalue weighted by molar-refractivity contribution is 7.84. The zero-order valence-corrected chi connectivity index (χ0v) is 22.7. The number of hydrogen-bond acceptors (Lipinski definition) is 5. The van der Waals surface area contributed by atoms with Crippen LogP contribution in [0, 0.1) is 5.92 Å². The first-order valence-corrected chi connectivity index (χ1v) is 14.3. The SMILES string of the molecule is CCCC[N+](CCCC)(CCCC)CCCC.CCC[C@H]1C(=O)N(S(=O)(=O)O)[C@H]1OC(C)=O. The molecule has 1 amide bonds. The van der Waals surface area contributed by atoms with Gasteiger partial charge in [0.1, 0.15) is 0 Å². The average molecular weight is 494 g/mol. The van der Waals surface area contributed by atoms with Gasteiger partial charge in [0.15, 0.2) is 0 Å². The molecule has 0 aliphatic carbocycles. The Morgan fingerprint density at radius 2 is 1.27 bits per heavy atom. The Morgan fingerprint density at radius 1 is 0.879 bits per heavy atom. The molecule has 196 valence electrons. The fourth-order valence-corrected chi connectivity index (χ4v) is 5.07. The van der Waals surface area contributed by atoms with Gasteiger partial charge in [0, 0.05) is 6.92 Å². The van der Waals surface area contributed by atoms with Crippen molar-refractivity contribution in [3.8, 4) is 0 Å². The molecule has 0 radical (unpaired) electrons. The second-order valence-corrected chi connectivity index (χ2v) is 10.4. The van der Waals surface area contributed by atoms with Gasteiger partial charge in [0.2, 0.25) is 12.1 Å². The quantitative estimate of drug-likeness (QED) is 0.141. The molecule has 0 aromatic rings. The van der Waals surface area contributed by atoms with Crippen LogP contribution in [0.3, 0.4) is 0 Å². The maximum Gasteiger partial charge on any atom is 0.365 e. The van der Waals surface area contributed by atoms with Gasteiger partial charge in [0.25, 0.3) is 0 Å². The predicted molar refractivity (Wildman–Crippen MR) is 132 cm³/mol. The standard InChI is InChI=1S/C16H36N.C8H13NO6S/c1-5-9-13-17(14-10-6-2,15-11-7-3)16-12-8-4;1-3-4-6-7(11)9(16(12,13)14)8(6)15-5(2)10/h5-16H2,1-4H3;6,8H,3-4H2,1-2H3,(H,12,13,14)/q+1;/t;6-,8-/m.0/s1. The summed E-state index contributed by atoms with van der Waals surface area (Å²) in [6.45, 7) is 17.9. The molecule has 0 aromatic carbocycles. The van der Waals surface area contributed by atoms with Crippen molar-refractivity contribution in [3.63, 3.8) is 0 Å². The topological polar surface area (TPSA) is 101 Å². The molecule has 33 heavy (non-hydrogen) atoms. The number of ether oxygens (including phenoxy) is 1. The van der Waals surface area contributed by atoms with E-state index in [0.717, 1.165) is 6.92 Å². The summed E-state index contributed by atoms with van der Waals surface area (Å²) in [5, 5.41) is 0. The summed E-state index contributed by atoms with van der Waals surface area (Å²) in [6, 6.07) is 0. The minimum atomic E-state index is -4.65. The summed E-state index contributed by atoms with van der Waals surface area (Å²) in [6.07, 6.45) is 10.9. The number of esters is 1. The smallest absolute Gasteiger partial charge is 0.365 e. The van der Waals surface area contributed by atoms with Gasteiger partial charge in [-0.3, -0.25) is 14.1 Å². The third-order valence-electron chi connectivity index (χ3n) is 6.19. The zero-order valence-electron chi connectivity index (χ0n) is 21.8. The summed E-state index contributed by atoms with van der Waals surface area (Å²) < 4.78 is 36.7. The number of hydrogen-bond donors (Lipinski definition) is 1. The Morgan fingerprint density at radius 3 is 1.55 bits per heavy atom. The molecule has 1 N–H and O–H groups in total. The molecule has 0 spiro atoms. The summed E-state index contributed by atoms with van der Waals surface area (Å²) in [5.74, 6) is -2.13. The lowest BCUT2D eigenvalue weighted by Crippen LogP contribution is -2.64. The molecular weight excluding hydrogens is 444 g/mol. The van der Waals surface area contributed by atoms with Crippen LogP contribution >= 0.6 is 0 Å². The monoisotopic (exact) mass is 493 g/mol. The number of nitrogens with zero attached hydrogens (tertiary/aromatic N) is 2. The van der Waals surface area contributed by atoms with Crippen LogP contribution in [-0.2, 0) is 24.6 Å².